The smallest absolute Gasteiger partial charge is 0.258 e. The first-order chi connectivity index (χ1) is 13.1. The molecule has 0 atom stereocenters. The van der Waals surface area contributed by atoms with Crippen molar-refractivity contribution in [2.24, 2.45) is 0 Å². The van der Waals surface area contributed by atoms with Crippen molar-refractivity contribution in [1.29, 1.82) is 0 Å². The molecule has 1 aromatic heterocycles. The molecule has 0 saturated heterocycles. The summed E-state index contributed by atoms with van der Waals surface area (Å²) in [5.41, 5.74) is 4.39. The minimum absolute atomic E-state index is 0.288. The van der Waals surface area contributed by atoms with Crippen molar-refractivity contribution in [3.05, 3.63) is 77.1 Å². The third-order valence-corrected chi connectivity index (χ3v) is 4.22. The average molecular weight is 362 g/mol. The van der Waals surface area contributed by atoms with E-state index in [1.54, 1.807) is 7.11 Å². The molecule has 0 saturated carbocycles. The number of methoxy groups -OCH3 is 1. The van der Waals surface area contributed by atoms with E-state index in [0.717, 1.165) is 5.56 Å². The second-order valence-corrected chi connectivity index (χ2v) is 6.23. The Labute approximate surface area is 158 Å². The molecule has 0 unspecified atom stereocenters. The van der Waals surface area contributed by atoms with Gasteiger partial charge in [-0.25, -0.2) is 9.97 Å². The maximum absolute atomic E-state index is 12.5. The molecule has 0 spiro atoms. The van der Waals surface area contributed by atoms with Gasteiger partial charge in [0, 0.05) is 18.9 Å². The second kappa shape index (κ2) is 8.31. The molecule has 1 amide bonds. The lowest BCUT2D eigenvalue weighted by Crippen LogP contribution is -2.14. The highest BCUT2D eigenvalue weighted by atomic mass is 16.5. The molecule has 0 aliphatic rings. The Morgan fingerprint density at radius 3 is 2.52 bits per heavy atom. The molecule has 2 aromatic carbocycles. The van der Waals surface area contributed by atoms with Gasteiger partial charge in [-0.05, 0) is 42.7 Å². The highest BCUT2D eigenvalue weighted by Gasteiger charge is 2.11. The number of benzene rings is 2. The quantitative estimate of drug-likeness (QED) is 0.694. The first-order valence-electron chi connectivity index (χ1n) is 8.63. The molecular weight excluding hydrogens is 340 g/mol. The lowest BCUT2D eigenvalue weighted by molar-refractivity contribution is 0.102. The number of carbonyl (C=O) groups is 1. The molecule has 27 heavy (non-hydrogen) atoms. The van der Waals surface area contributed by atoms with Crippen molar-refractivity contribution < 1.29 is 9.53 Å². The molecule has 0 fully saturated rings. The molecule has 2 N–H and O–H groups in total. The minimum Gasteiger partial charge on any atom is -0.495 e. The van der Waals surface area contributed by atoms with Crippen LogP contribution in [0.25, 0.3) is 0 Å². The number of hydrogen-bond acceptors (Lipinski definition) is 5. The van der Waals surface area contributed by atoms with Gasteiger partial charge in [-0.3, -0.25) is 4.79 Å². The Bertz CT molecular complexity index is 939. The van der Waals surface area contributed by atoms with Gasteiger partial charge in [-0.15, -0.1) is 0 Å². The first kappa shape index (κ1) is 18.4. The lowest BCUT2D eigenvalue weighted by Gasteiger charge is -2.11. The summed E-state index contributed by atoms with van der Waals surface area (Å²) in [5.74, 6) is 0.790. The minimum atomic E-state index is -0.288. The van der Waals surface area contributed by atoms with Crippen LogP contribution in [0.5, 0.6) is 5.75 Å². The van der Waals surface area contributed by atoms with E-state index in [0.29, 0.717) is 29.5 Å². The third-order valence-electron chi connectivity index (χ3n) is 4.22. The topological polar surface area (TPSA) is 76.1 Å². The number of ether oxygens (including phenoxy) is 1. The van der Waals surface area contributed by atoms with Crippen LogP contribution in [0.4, 0.5) is 11.6 Å². The average Bonchev–Trinajstić information content (AvgIpc) is 2.68. The largest absolute Gasteiger partial charge is 0.495 e. The van der Waals surface area contributed by atoms with Crippen LogP contribution in [0.3, 0.4) is 0 Å². The maximum Gasteiger partial charge on any atom is 0.258 e. The van der Waals surface area contributed by atoms with E-state index in [-0.39, 0.29) is 5.91 Å². The first-order valence-corrected chi connectivity index (χ1v) is 8.63. The van der Waals surface area contributed by atoms with Crippen LogP contribution < -0.4 is 15.4 Å². The van der Waals surface area contributed by atoms with Crippen LogP contribution in [0.2, 0.25) is 0 Å². The van der Waals surface area contributed by atoms with Gasteiger partial charge in [0.05, 0.1) is 18.4 Å². The number of rotatable bonds is 6. The molecule has 0 aliphatic carbocycles. The molecule has 6 heteroatoms. The van der Waals surface area contributed by atoms with E-state index < -0.39 is 0 Å². The highest BCUT2D eigenvalue weighted by molar-refractivity contribution is 6.04. The SMILES string of the molecule is COc1ccc(C)cc1NC(=O)c1cnc(NCc2ccccc2C)nc1. The number of nitrogens with one attached hydrogen (secondary N) is 2. The number of anilines is 2. The van der Waals surface area contributed by atoms with Crippen LogP contribution in [0, 0.1) is 13.8 Å². The van der Waals surface area contributed by atoms with Crippen LogP contribution in [-0.2, 0) is 6.54 Å². The van der Waals surface area contributed by atoms with E-state index >= 15 is 0 Å². The van der Waals surface area contributed by atoms with Crippen LogP contribution in [0.15, 0.2) is 54.9 Å². The Hall–Kier alpha value is -3.41. The molecular formula is C21H22N4O2. The van der Waals surface area contributed by atoms with Gasteiger partial charge in [0.2, 0.25) is 5.95 Å². The zero-order valence-corrected chi connectivity index (χ0v) is 15.6. The Morgan fingerprint density at radius 2 is 1.81 bits per heavy atom. The summed E-state index contributed by atoms with van der Waals surface area (Å²) in [7, 11) is 1.57. The maximum atomic E-state index is 12.5. The van der Waals surface area contributed by atoms with Crippen molar-refractivity contribution in [3.63, 3.8) is 0 Å². The van der Waals surface area contributed by atoms with E-state index in [9.17, 15) is 4.79 Å². The van der Waals surface area contributed by atoms with Gasteiger partial charge in [0.1, 0.15) is 5.75 Å². The summed E-state index contributed by atoms with van der Waals surface area (Å²) < 4.78 is 5.28. The zero-order chi connectivity index (χ0) is 19.2. The number of amides is 1. The van der Waals surface area contributed by atoms with Gasteiger partial charge in [0.15, 0.2) is 0 Å². The van der Waals surface area contributed by atoms with E-state index in [4.69, 9.17) is 4.74 Å². The third kappa shape index (κ3) is 4.61. The zero-order valence-electron chi connectivity index (χ0n) is 15.6. The normalized spacial score (nSPS) is 10.3. The monoisotopic (exact) mass is 362 g/mol. The number of hydrogen-bond donors (Lipinski definition) is 2. The van der Waals surface area contributed by atoms with Crippen molar-refractivity contribution in [1.82, 2.24) is 9.97 Å². The van der Waals surface area contributed by atoms with E-state index in [2.05, 4.69) is 39.7 Å². The fraction of sp³-hybridized carbons (Fsp3) is 0.190. The van der Waals surface area contributed by atoms with Crippen LogP contribution in [0.1, 0.15) is 27.0 Å². The molecule has 0 bridgehead atoms. The Balaban J connectivity index is 1.65. The highest BCUT2D eigenvalue weighted by Crippen LogP contribution is 2.25. The fourth-order valence-electron chi connectivity index (χ4n) is 2.63. The summed E-state index contributed by atoms with van der Waals surface area (Å²) in [6, 6.07) is 13.7. The molecule has 0 aliphatic heterocycles. The second-order valence-electron chi connectivity index (χ2n) is 6.23. The standard InChI is InChI=1S/C21H22N4O2/c1-14-8-9-19(27-3)18(10-14)25-20(26)17-12-23-21(24-13-17)22-11-16-7-5-4-6-15(16)2/h4-10,12-13H,11H2,1-3H3,(H,25,26)(H,22,23,24). The fourth-order valence-corrected chi connectivity index (χ4v) is 2.63. The van der Waals surface area contributed by atoms with E-state index in [1.807, 2.05) is 37.3 Å². The van der Waals surface area contributed by atoms with Gasteiger partial charge in [0.25, 0.3) is 5.91 Å². The summed E-state index contributed by atoms with van der Waals surface area (Å²) in [5, 5.41) is 6.01. The summed E-state index contributed by atoms with van der Waals surface area (Å²) >= 11 is 0. The van der Waals surface area contributed by atoms with Gasteiger partial charge < -0.3 is 15.4 Å². The lowest BCUT2D eigenvalue weighted by atomic mass is 10.1. The molecule has 3 aromatic rings. The van der Waals surface area contributed by atoms with E-state index in [1.165, 1.54) is 23.5 Å². The van der Waals surface area contributed by atoms with Crippen LogP contribution >= 0.6 is 0 Å². The molecule has 6 nitrogen and oxygen atoms in total. The number of nitrogens with zero attached hydrogens (tertiary/aromatic N) is 2. The van der Waals surface area contributed by atoms with Gasteiger partial charge in [-0.1, -0.05) is 30.3 Å². The summed E-state index contributed by atoms with van der Waals surface area (Å²) in [6.07, 6.45) is 3.01. The van der Waals surface area contributed by atoms with Crippen molar-refractivity contribution in [2.75, 3.05) is 17.7 Å². The van der Waals surface area contributed by atoms with Gasteiger partial charge in [-0.2, -0.15) is 0 Å². The van der Waals surface area contributed by atoms with Crippen LogP contribution in [-0.4, -0.2) is 23.0 Å². The number of carbonyl (C=O) groups excluding carboxylic acids is 1. The summed E-state index contributed by atoms with van der Waals surface area (Å²) in [4.78, 5) is 20.9. The van der Waals surface area contributed by atoms with Crippen molar-refractivity contribution in [2.45, 2.75) is 20.4 Å². The Morgan fingerprint density at radius 1 is 1.07 bits per heavy atom. The number of aromatic nitrogens is 2. The van der Waals surface area contributed by atoms with Gasteiger partial charge >= 0.3 is 0 Å². The molecule has 1 heterocycles. The molecule has 0 radical (unpaired) electrons. The Kier molecular flexibility index (Phi) is 5.66. The molecule has 138 valence electrons. The van der Waals surface area contributed by atoms with Crippen molar-refractivity contribution >= 4 is 17.5 Å². The predicted octanol–water partition coefficient (Wildman–Crippen LogP) is 3.97. The summed E-state index contributed by atoms with van der Waals surface area (Å²) in [6.45, 7) is 4.64. The predicted molar refractivity (Wildman–Crippen MR) is 106 cm³/mol. The number of aryl methyl sites for hydroxylation is 2. The van der Waals surface area contributed by atoms with Crippen molar-refractivity contribution in [3.8, 4) is 5.75 Å². The molecule has 3 rings (SSSR count).